The number of hydrogen-bond acceptors (Lipinski definition) is 4. The molecule has 3 aromatic rings. The molecule has 156 valence electrons. The number of rotatable bonds is 4. The van der Waals surface area contributed by atoms with Gasteiger partial charge in [0.15, 0.2) is 12.0 Å². The number of benzene rings is 1. The molecule has 1 amide bonds. The van der Waals surface area contributed by atoms with E-state index >= 15 is 0 Å². The second-order valence-corrected chi connectivity index (χ2v) is 8.61. The first-order valence-corrected chi connectivity index (χ1v) is 9.61. The number of amides is 1. The van der Waals surface area contributed by atoms with Crippen molar-refractivity contribution in [3.8, 4) is 17.1 Å². The first-order valence-electron chi connectivity index (χ1n) is 9.61. The number of aromatic nitrogens is 2. The van der Waals surface area contributed by atoms with Crippen molar-refractivity contribution in [3.63, 3.8) is 0 Å². The summed E-state index contributed by atoms with van der Waals surface area (Å²) in [6, 6.07) is 8.76. The van der Waals surface area contributed by atoms with Gasteiger partial charge in [0.25, 0.3) is 5.91 Å². The third-order valence-corrected chi connectivity index (χ3v) is 5.54. The van der Waals surface area contributed by atoms with Crippen LogP contribution in [0.15, 0.2) is 41.3 Å². The summed E-state index contributed by atoms with van der Waals surface area (Å²) >= 11 is 0. The molecule has 0 radical (unpaired) electrons. The van der Waals surface area contributed by atoms with Crippen molar-refractivity contribution in [2.75, 3.05) is 6.61 Å². The van der Waals surface area contributed by atoms with Crippen LogP contribution in [0.5, 0.6) is 5.75 Å². The van der Waals surface area contributed by atoms with Crippen LogP contribution in [0, 0.1) is 5.41 Å². The summed E-state index contributed by atoms with van der Waals surface area (Å²) in [6.07, 6.45) is 1.45. The number of carboxylic acid groups (broad SMARTS) is 1. The molecule has 30 heavy (non-hydrogen) atoms. The number of fused-ring (bicyclic) bond motifs is 5. The van der Waals surface area contributed by atoms with Crippen molar-refractivity contribution in [3.05, 3.63) is 52.3 Å². The second-order valence-electron chi connectivity index (χ2n) is 8.61. The van der Waals surface area contributed by atoms with Crippen molar-refractivity contribution >= 4 is 22.8 Å². The van der Waals surface area contributed by atoms with Gasteiger partial charge >= 0.3 is 5.97 Å². The van der Waals surface area contributed by atoms with Crippen LogP contribution in [0.3, 0.4) is 0 Å². The molecule has 0 spiro atoms. The number of carbonyl (C=O) groups is 2. The Labute approximate surface area is 172 Å². The molecule has 8 heteroatoms. The van der Waals surface area contributed by atoms with Crippen LogP contribution in [-0.2, 0) is 11.3 Å². The van der Waals surface area contributed by atoms with E-state index in [0.29, 0.717) is 18.0 Å². The predicted molar refractivity (Wildman–Crippen MR) is 112 cm³/mol. The molecule has 0 bridgehead atoms. The van der Waals surface area contributed by atoms with Crippen molar-refractivity contribution in [1.82, 2.24) is 9.13 Å². The zero-order chi connectivity index (χ0) is 21.8. The second kappa shape index (κ2) is 6.76. The van der Waals surface area contributed by atoms with Crippen LogP contribution >= 0.6 is 0 Å². The van der Waals surface area contributed by atoms with E-state index in [4.69, 9.17) is 10.5 Å². The molecule has 0 fully saturated rings. The first kappa shape index (κ1) is 19.8. The standard InChI is InChI=1S/C22H23N3O5/c1-22(2,3)19-10-24-14-5-4-6-18(30-11-20(23)27)12(14)7-15(24)16-8-17(26)13(21(28)29)9-25(16)19/h4-9,19H,10-11H2,1-3H3,(H2,23,27)(H,28,29). The number of primary amides is 1. The Balaban J connectivity index is 1.98. The van der Waals surface area contributed by atoms with E-state index in [9.17, 15) is 19.5 Å². The fourth-order valence-corrected chi connectivity index (χ4v) is 4.07. The van der Waals surface area contributed by atoms with E-state index in [2.05, 4.69) is 25.3 Å². The molecule has 3 heterocycles. The smallest absolute Gasteiger partial charge is 0.341 e. The van der Waals surface area contributed by atoms with Gasteiger partial charge in [0.2, 0.25) is 0 Å². The number of ether oxygens (including phenoxy) is 1. The summed E-state index contributed by atoms with van der Waals surface area (Å²) in [4.78, 5) is 35.2. The normalized spacial score (nSPS) is 15.5. The highest BCUT2D eigenvalue weighted by Gasteiger charge is 2.34. The molecule has 0 aliphatic carbocycles. The number of hydrogen-bond donors (Lipinski definition) is 2. The molecule has 4 rings (SSSR count). The number of carbonyl (C=O) groups excluding carboxylic acids is 1. The van der Waals surface area contributed by atoms with Crippen LogP contribution < -0.4 is 15.9 Å². The Morgan fingerprint density at radius 1 is 1.23 bits per heavy atom. The lowest BCUT2D eigenvalue weighted by molar-refractivity contribution is -0.119. The van der Waals surface area contributed by atoms with E-state index < -0.39 is 17.3 Å². The van der Waals surface area contributed by atoms with Crippen LogP contribution in [-0.4, -0.2) is 32.7 Å². The summed E-state index contributed by atoms with van der Waals surface area (Å²) in [7, 11) is 0. The summed E-state index contributed by atoms with van der Waals surface area (Å²) in [5, 5.41) is 10.2. The summed E-state index contributed by atoms with van der Waals surface area (Å²) in [6.45, 7) is 6.60. The largest absolute Gasteiger partial charge is 0.483 e. The van der Waals surface area contributed by atoms with Gasteiger partial charge in [-0.1, -0.05) is 26.8 Å². The van der Waals surface area contributed by atoms with Gasteiger partial charge in [-0.05, 0) is 23.6 Å². The van der Waals surface area contributed by atoms with Crippen molar-refractivity contribution in [2.45, 2.75) is 33.4 Å². The van der Waals surface area contributed by atoms with E-state index in [1.807, 2.05) is 22.8 Å². The SMILES string of the molecule is CC(C)(C)C1Cn2c(cc3c(OCC(N)=O)cccc32)-c2cc(=O)c(C(=O)O)cn21. The van der Waals surface area contributed by atoms with E-state index in [1.54, 1.807) is 6.07 Å². The minimum Gasteiger partial charge on any atom is -0.483 e. The Morgan fingerprint density at radius 3 is 2.60 bits per heavy atom. The lowest BCUT2D eigenvalue weighted by Gasteiger charge is -2.39. The molecule has 0 saturated carbocycles. The number of nitrogens with two attached hydrogens (primary N) is 1. The maximum absolute atomic E-state index is 12.5. The number of aromatic carboxylic acids is 1. The van der Waals surface area contributed by atoms with Crippen LogP contribution in [0.25, 0.3) is 22.3 Å². The predicted octanol–water partition coefficient (Wildman–Crippen LogP) is 2.63. The molecule has 1 aliphatic heterocycles. The van der Waals surface area contributed by atoms with Gasteiger partial charge in [-0.25, -0.2) is 4.79 Å². The molecule has 1 aromatic carbocycles. The number of nitrogens with zero attached hydrogens (tertiary/aromatic N) is 2. The summed E-state index contributed by atoms with van der Waals surface area (Å²) in [5.74, 6) is -1.28. The van der Waals surface area contributed by atoms with Crippen molar-refractivity contribution < 1.29 is 19.4 Å². The summed E-state index contributed by atoms with van der Waals surface area (Å²) < 4.78 is 9.58. The average Bonchev–Trinajstić information content (AvgIpc) is 3.03. The molecule has 2 aromatic heterocycles. The molecular formula is C22H23N3O5. The highest BCUT2D eigenvalue weighted by Crippen LogP contribution is 2.43. The quantitative estimate of drug-likeness (QED) is 0.687. The molecule has 1 atom stereocenters. The molecular weight excluding hydrogens is 386 g/mol. The van der Waals surface area contributed by atoms with E-state index in [1.165, 1.54) is 12.3 Å². The van der Waals surface area contributed by atoms with Gasteiger partial charge in [0, 0.05) is 24.2 Å². The highest BCUT2D eigenvalue weighted by atomic mass is 16.5. The van der Waals surface area contributed by atoms with Crippen molar-refractivity contribution in [2.24, 2.45) is 11.1 Å². The Bertz CT molecular complexity index is 1250. The van der Waals surface area contributed by atoms with Crippen LogP contribution in [0.2, 0.25) is 0 Å². The Kier molecular flexibility index (Phi) is 4.45. The van der Waals surface area contributed by atoms with Gasteiger partial charge in [0.1, 0.15) is 11.3 Å². The maximum Gasteiger partial charge on any atom is 0.341 e. The molecule has 1 aliphatic rings. The Morgan fingerprint density at radius 2 is 1.97 bits per heavy atom. The average molecular weight is 409 g/mol. The third-order valence-electron chi connectivity index (χ3n) is 5.54. The molecule has 0 saturated heterocycles. The van der Waals surface area contributed by atoms with Crippen LogP contribution in [0.1, 0.15) is 37.2 Å². The highest BCUT2D eigenvalue weighted by molar-refractivity contribution is 5.93. The lowest BCUT2D eigenvalue weighted by Crippen LogP contribution is -2.35. The monoisotopic (exact) mass is 409 g/mol. The molecule has 3 N–H and O–H groups in total. The fraction of sp³-hybridized carbons (Fsp3) is 0.318. The molecule has 1 unspecified atom stereocenters. The first-order chi connectivity index (χ1) is 14.1. The van der Waals surface area contributed by atoms with E-state index in [-0.39, 0.29) is 23.6 Å². The van der Waals surface area contributed by atoms with Gasteiger partial charge in [-0.2, -0.15) is 0 Å². The third kappa shape index (κ3) is 3.14. The van der Waals surface area contributed by atoms with E-state index in [0.717, 1.165) is 16.6 Å². The zero-order valence-corrected chi connectivity index (χ0v) is 17.0. The maximum atomic E-state index is 12.5. The van der Waals surface area contributed by atoms with Crippen LogP contribution in [0.4, 0.5) is 0 Å². The summed E-state index contributed by atoms with van der Waals surface area (Å²) in [5.41, 5.74) is 6.56. The minimum absolute atomic E-state index is 0.0792. The topological polar surface area (TPSA) is 117 Å². The lowest BCUT2D eigenvalue weighted by atomic mass is 9.85. The minimum atomic E-state index is -1.24. The van der Waals surface area contributed by atoms with Gasteiger partial charge in [-0.15, -0.1) is 0 Å². The Hall–Kier alpha value is -3.55. The number of carboxylic acids is 1. The zero-order valence-electron chi connectivity index (χ0n) is 17.0. The molecule has 8 nitrogen and oxygen atoms in total. The van der Waals surface area contributed by atoms with Gasteiger partial charge < -0.3 is 24.7 Å². The number of pyridine rings is 1. The van der Waals surface area contributed by atoms with Crippen molar-refractivity contribution in [1.29, 1.82) is 0 Å². The van der Waals surface area contributed by atoms with Gasteiger partial charge in [-0.3, -0.25) is 9.59 Å². The van der Waals surface area contributed by atoms with Gasteiger partial charge in [0.05, 0.1) is 22.9 Å². The fourth-order valence-electron chi connectivity index (χ4n) is 4.07.